The number of nitrogens with zero attached hydrogens (tertiary/aromatic N) is 3. The van der Waals surface area contributed by atoms with Gasteiger partial charge in [0.2, 0.25) is 11.8 Å². The fourth-order valence-electron chi connectivity index (χ4n) is 1.88. The first-order chi connectivity index (χ1) is 8.29. The Balaban J connectivity index is 2.04. The Morgan fingerprint density at radius 1 is 1.59 bits per heavy atom. The average molecular weight is 256 g/mol. The maximum Gasteiger partial charge on any atom is 0.228 e. The lowest BCUT2D eigenvalue weighted by molar-refractivity contribution is 0.304. The molecule has 17 heavy (non-hydrogen) atoms. The molecule has 0 amide bonds. The number of hydrogen-bond acceptors (Lipinski definition) is 4. The molecule has 0 bridgehead atoms. The highest BCUT2D eigenvalue weighted by Gasteiger charge is 2.20. The van der Waals surface area contributed by atoms with Crippen LogP contribution in [0.1, 0.15) is 26.2 Å². The Morgan fingerprint density at radius 3 is 3.24 bits per heavy atom. The summed E-state index contributed by atoms with van der Waals surface area (Å²) in [5.41, 5.74) is 0. The third-order valence-corrected chi connectivity index (χ3v) is 3.07. The van der Waals surface area contributed by atoms with Gasteiger partial charge in [0.05, 0.1) is 12.0 Å². The summed E-state index contributed by atoms with van der Waals surface area (Å²) in [5.74, 6) is 1.37. The summed E-state index contributed by atoms with van der Waals surface area (Å²) in [5, 5.41) is 0.201. The summed E-state index contributed by atoms with van der Waals surface area (Å²) >= 11 is 6.16. The van der Waals surface area contributed by atoms with Crippen molar-refractivity contribution >= 4 is 17.5 Å². The van der Waals surface area contributed by atoms with Crippen LogP contribution in [0.25, 0.3) is 0 Å². The van der Waals surface area contributed by atoms with E-state index in [1.807, 2.05) is 0 Å². The van der Waals surface area contributed by atoms with Gasteiger partial charge in [-0.2, -0.15) is 4.98 Å². The average Bonchev–Trinajstić information content (AvgIpc) is 2.37. The van der Waals surface area contributed by atoms with Crippen LogP contribution >= 0.6 is 11.6 Å². The summed E-state index contributed by atoms with van der Waals surface area (Å²) in [6, 6.07) is 1.79. The van der Waals surface area contributed by atoms with E-state index in [2.05, 4.69) is 21.8 Å². The molecule has 4 nitrogen and oxygen atoms in total. The van der Waals surface area contributed by atoms with Gasteiger partial charge in [0.1, 0.15) is 0 Å². The first kappa shape index (κ1) is 12.4. The molecule has 0 aliphatic carbocycles. The molecular formula is C12H18ClN3O. The molecule has 1 aromatic heterocycles. The van der Waals surface area contributed by atoms with Crippen LogP contribution in [0.5, 0.6) is 5.88 Å². The van der Waals surface area contributed by atoms with Crippen molar-refractivity contribution in [2.45, 2.75) is 31.6 Å². The molecule has 0 aromatic carbocycles. The Bertz CT molecular complexity index is 361. The minimum absolute atomic E-state index is 0.201. The minimum Gasteiger partial charge on any atom is -0.478 e. The molecule has 1 aliphatic rings. The van der Waals surface area contributed by atoms with Crippen molar-refractivity contribution < 1.29 is 4.74 Å². The van der Waals surface area contributed by atoms with Crippen molar-refractivity contribution in [3.05, 3.63) is 12.3 Å². The van der Waals surface area contributed by atoms with E-state index in [9.17, 15) is 0 Å². The number of ether oxygens (including phenoxy) is 1. The van der Waals surface area contributed by atoms with Gasteiger partial charge in [-0.15, -0.1) is 11.6 Å². The predicted molar refractivity (Wildman–Crippen MR) is 68.9 cm³/mol. The van der Waals surface area contributed by atoms with E-state index in [0.717, 1.165) is 38.3 Å². The topological polar surface area (TPSA) is 38.2 Å². The van der Waals surface area contributed by atoms with Gasteiger partial charge >= 0.3 is 0 Å². The van der Waals surface area contributed by atoms with Crippen molar-refractivity contribution in [3.63, 3.8) is 0 Å². The molecule has 1 atom stereocenters. The lowest BCUT2D eigenvalue weighted by Gasteiger charge is -2.29. The van der Waals surface area contributed by atoms with Crippen LogP contribution in [0.4, 0.5) is 5.95 Å². The van der Waals surface area contributed by atoms with Crippen LogP contribution in [0, 0.1) is 0 Å². The highest BCUT2D eigenvalue weighted by molar-refractivity contribution is 6.21. The van der Waals surface area contributed by atoms with Gasteiger partial charge in [0, 0.05) is 25.4 Å². The predicted octanol–water partition coefficient (Wildman–Crippen LogP) is 2.47. The van der Waals surface area contributed by atoms with Crippen molar-refractivity contribution in [1.29, 1.82) is 0 Å². The number of alkyl halides is 1. The zero-order chi connectivity index (χ0) is 12.1. The summed E-state index contributed by atoms with van der Waals surface area (Å²) < 4.78 is 5.50. The molecule has 2 rings (SSSR count). The van der Waals surface area contributed by atoms with Crippen LogP contribution in [0.2, 0.25) is 0 Å². The molecule has 1 saturated heterocycles. The second-order valence-electron chi connectivity index (χ2n) is 4.23. The van der Waals surface area contributed by atoms with Gasteiger partial charge in [0.25, 0.3) is 0 Å². The number of anilines is 1. The van der Waals surface area contributed by atoms with Crippen molar-refractivity contribution in [2.24, 2.45) is 0 Å². The maximum atomic E-state index is 6.16. The van der Waals surface area contributed by atoms with Gasteiger partial charge in [-0.25, -0.2) is 4.98 Å². The number of aromatic nitrogens is 2. The highest BCUT2D eigenvalue weighted by Crippen LogP contribution is 2.20. The molecule has 5 heteroatoms. The van der Waals surface area contributed by atoms with Gasteiger partial charge in [0.15, 0.2) is 0 Å². The highest BCUT2D eigenvalue weighted by atomic mass is 35.5. The SMILES string of the molecule is CCCOc1ccnc(N2CCCC(Cl)C2)n1. The first-order valence-corrected chi connectivity index (χ1v) is 6.58. The normalized spacial score (nSPS) is 20.4. The number of hydrogen-bond donors (Lipinski definition) is 0. The van der Waals surface area contributed by atoms with Crippen molar-refractivity contribution in [1.82, 2.24) is 9.97 Å². The van der Waals surface area contributed by atoms with Gasteiger partial charge in [-0.05, 0) is 19.3 Å². The van der Waals surface area contributed by atoms with Crippen LogP contribution in [-0.2, 0) is 0 Å². The lowest BCUT2D eigenvalue weighted by Crippen LogP contribution is -2.37. The molecule has 0 radical (unpaired) electrons. The van der Waals surface area contributed by atoms with E-state index in [-0.39, 0.29) is 5.38 Å². The zero-order valence-corrected chi connectivity index (χ0v) is 10.9. The summed E-state index contributed by atoms with van der Waals surface area (Å²) in [4.78, 5) is 10.8. The van der Waals surface area contributed by atoms with Crippen LogP contribution in [0.3, 0.4) is 0 Å². The minimum atomic E-state index is 0.201. The molecule has 0 spiro atoms. The molecule has 0 saturated carbocycles. The molecule has 1 aromatic rings. The van der Waals surface area contributed by atoms with Gasteiger partial charge in [-0.3, -0.25) is 0 Å². The Morgan fingerprint density at radius 2 is 2.47 bits per heavy atom. The molecule has 1 fully saturated rings. The van der Waals surface area contributed by atoms with E-state index in [1.165, 1.54) is 0 Å². The Hall–Kier alpha value is -1.03. The summed E-state index contributed by atoms with van der Waals surface area (Å²) in [7, 11) is 0. The van der Waals surface area contributed by atoms with E-state index in [0.29, 0.717) is 12.5 Å². The Labute approximate surface area is 107 Å². The fourth-order valence-corrected chi connectivity index (χ4v) is 2.20. The van der Waals surface area contributed by atoms with Crippen molar-refractivity contribution in [3.8, 4) is 5.88 Å². The zero-order valence-electron chi connectivity index (χ0n) is 10.1. The standard InChI is InChI=1S/C12H18ClN3O/c1-2-8-17-11-5-6-14-12(15-11)16-7-3-4-10(13)9-16/h5-6,10H,2-4,7-9H2,1H3. The van der Waals surface area contributed by atoms with Crippen LogP contribution < -0.4 is 9.64 Å². The molecule has 1 aliphatic heterocycles. The quantitative estimate of drug-likeness (QED) is 0.775. The van der Waals surface area contributed by atoms with Gasteiger partial charge < -0.3 is 9.64 Å². The van der Waals surface area contributed by atoms with E-state index < -0.39 is 0 Å². The number of rotatable bonds is 4. The van der Waals surface area contributed by atoms with E-state index in [4.69, 9.17) is 16.3 Å². The number of piperidine rings is 1. The molecule has 2 heterocycles. The van der Waals surface area contributed by atoms with Gasteiger partial charge in [-0.1, -0.05) is 6.92 Å². The van der Waals surface area contributed by atoms with E-state index >= 15 is 0 Å². The fraction of sp³-hybridized carbons (Fsp3) is 0.667. The lowest BCUT2D eigenvalue weighted by atomic mass is 10.1. The Kier molecular flexibility index (Phi) is 4.42. The molecule has 1 unspecified atom stereocenters. The van der Waals surface area contributed by atoms with Crippen LogP contribution in [0.15, 0.2) is 12.3 Å². The second kappa shape index (κ2) is 6.05. The maximum absolute atomic E-state index is 6.16. The summed E-state index contributed by atoms with van der Waals surface area (Å²) in [6.45, 7) is 4.55. The first-order valence-electron chi connectivity index (χ1n) is 6.14. The second-order valence-corrected chi connectivity index (χ2v) is 4.85. The summed E-state index contributed by atoms with van der Waals surface area (Å²) in [6.07, 6.45) is 4.89. The molecule has 94 valence electrons. The monoisotopic (exact) mass is 255 g/mol. The largest absolute Gasteiger partial charge is 0.478 e. The number of halogens is 1. The third kappa shape index (κ3) is 3.46. The van der Waals surface area contributed by atoms with Crippen molar-refractivity contribution in [2.75, 3.05) is 24.6 Å². The van der Waals surface area contributed by atoms with Crippen LogP contribution in [-0.4, -0.2) is 35.0 Å². The third-order valence-electron chi connectivity index (χ3n) is 2.72. The van der Waals surface area contributed by atoms with E-state index in [1.54, 1.807) is 12.3 Å². The smallest absolute Gasteiger partial charge is 0.228 e. The molecular weight excluding hydrogens is 238 g/mol. The molecule has 0 N–H and O–H groups in total.